The van der Waals surface area contributed by atoms with Gasteiger partial charge in [-0.1, -0.05) is 25.1 Å². The van der Waals surface area contributed by atoms with Gasteiger partial charge in [0.25, 0.3) is 6.43 Å². The van der Waals surface area contributed by atoms with Crippen LogP contribution in [0.1, 0.15) is 71.0 Å². The van der Waals surface area contributed by atoms with E-state index in [2.05, 4.69) is 15.2 Å². The zero-order valence-electron chi connectivity index (χ0n) is 23.3. The molecule has 9 nitrogen and oxygen atoms in total. The standard InChI is InChI=1S/C29H31F2N5O4S2/c1-4-20-15-35(42(39)23-6-5-10-32-29(23)40-20)14-19-12-18(8-7-16(19)2)22(13-24(37)38)25(41)21-9-11-36-27(17(21)3)33-34-28(36)26(30)31/h5-12,20,22,25-26,41H,4,13-15H2,1-3H3,(H,37,38)/t20?,22-,25?,42?/m0/s1. The van der Waals surface area contributed by atoms with Gasteiger partial charge in [0.15, 0.2) is 5.65 Å². The molecule has 222 valence electrons. The second-order valence-corrected chi connectivity index (χ2v) is 12.3. The Morgan fingerprint density at radius 2 is 2.02 bits per heavy atom. The number of aliphatic carboxylic acids is 1. The molecule has 0 radical (unpaired) electrons. The largest absolute Gasteiger partial charge is 0.481 e. The molecule has 0 saturated heterocycles. The molecule has 0 fully saturated rings. The Morgan fingerprint density at radius 1 is 1.24 bits per heavy atom. The lowest BCUT2D eigenvalue weighted by molar-refractivity contribution is -0.137. The van der Waals surface area contributed by atoms with Gasteiger partial charge in [-0.3, -0.25) is 9.20 Å². The molecule has 0 bridgehead atoms. The van der Waals surface area contributed by atoms with Gasteiger partial charge in [0, 0.05) is 36.7 Å². The first kappa shape index (κ1) is 30.1. The number of halogens is 2. The van der Waals surface area contributed by atoms with Gasteiger partial charge in [0.2, 0.25) is 11.7 Å². The third kappa shape index (κ3) is 5.90. The summed E-state index contributed by atoms with van der Waals surface area (Å²) < 4.78 is 49.5. The number of hydrogen-bond donors (Lipinski definition) is 2. The second kappa shape index (κ2) is 12.4. The van der Waals surface area contributed by atoms with E-state index >= 15 is 0 Å². The SMILES string of the molecule is CCC1CN(Cc2cc([C@H](CC(=O)O)C(S)c3ccn4c(C(F)F)nnc4c3C)ccc2C)S(=O)c2cccnc2O1. The van der Waals surface area contributed by atoms with E-state index in [1.807, 2.05) is 36.4 Å². The van der Waals surface area contributed by atoms with Gasteiger partial charge in [-0.05, 0) is 66.3 Å². The Hall–Kier alpha value is -3.42. The summed E-state index contributed by atoms with van der Waals surface area (Å²) >= 11 is 4.87. The summed E-state index contributed by atoms with van der Waals surface area (Å²) in [5.41, 5.74) is 4.14. The quantitative estimate of drug-likeness (QED) is 0.236. The molecule has 1 N–H and O–H groups in total. The summed E-state index contributed by atoms with van der Waals surface area (Å²) in [6.07, 6.45) is 0.591. The fourth-order valence-electron chi connectivity index (χ4n) is 5.25. The van der Waals surface area contributed by atoms with Crippen molar-refractivity contribution in [2.45, 2.75) is 68.8 Å². The minimum Gasteiger partial charge on any atom is -0.481 e. The highest BCUT2D eigenvalue weighted by molar-refractivity contribution is 7.82. The van der Waals surface area contributed by atoms with Gasteiger partial charge in [-0.25, -0.2) is 22.3 Å². The summed E-state index contributed by atoms with van der Waals surface area (Å²) in [7, 11) is -1.52. The molecular formula is C29H31F2N5O4S2. The molecule has 42 heavy (non-hydrogen) atoms. The van der Waals surface area contributed by atoms with Gasteiger partial charge in [-0.2, -0.15) is 12.6 Å². The van der Waals surface area contributed by atoms with Crippen LogP contribution >= 0.6 is 12.6 Å². The fourth-order valence-corrected chi connectivity index (χ4v) is 7.08. The third-order valence-electron chi connectivity index (χ3n) is 7.63. The van der Waals surface area contributed by atoms with Crippen LogP contribution in [0.2, 0.25) is 0 Å². The molecule has 0 amide bonds. The molecule has 0 saturated carbocycles. The van der Waals surface area contributed by atoms with E-state index in [1.165, 1.54) is 10.6 Å². The minimum absolute atomic E-state index is 0.198. The zero-order chi connectivity index (χ0) is 30.1. The van der Waals surface area contributed by atoms with Gasteiger partial charge < -0.3 is 9.84 Å². The van der Waals surface area contributed by atoms with Crippen LogP contribution in [-0.2, 0) is 22.3 Å². The van der Waals surface area contributed by atoms with Gasteiger partial charge in [0.05, 0.1) is 6.42 Å². The number of fused-ring (bicyclic) bond motifs is 2. The molecular weight excluding hydrogens is 584 g/mol. The van der Waals surface area contributed by atoms with Crippen LogP contribution in [0.25, 0.3) is 5.65 Å². The van der Waals surface area contributed by atoms with E-state index in [9.17, 15) is 22.9 Å². The maximum absolute atomic E-state index is 13.6. The normalized spacial score (nSPS) is 18.8. The van der Waals surface area contributed by atoms with Crippen molar-refractivity contribution < 1.29 is 27.6 Å². The van der Waals surface area contributed by atoms with Crippen molar-refractivity contribution in [3.63, 3.8) is 0 Å². The van der Waals surface area contributed by atoms with Crippen LogP contribution in [-0.4, -0.2) is 51.8 Å². The molecule has 13 heteroatoms. The van der Waals surface area contributed by atoms with E-state index in [-0.39, 0.29) is 18.2 Å². The van der Waals surface area contributed by atoms with Crippen LogP contribution in [0.5, 0.6) is 5.88 Å². The molecule has 1 aromatic carbocycles. The zero-order valence-corrected chi connectivity index (χ0v) is 25.0. The number of hydrogen-bond acceptors (Lipinski definition) is 7. The number of nitrogens with zero attached hydrogens (tertiary/aromatic N) is 5. The molecule has 4 heterocycles. The van der Waals surface area contributed by atoms with Crippen molar-refractivity contribution in [1.82, 2.24) is 23.9 Å². The monoisotopic (exact) mass is 615 g/mol. The highest BCUT2D eigenvalue weighted by Gasteiger charge is 2.31. The number of thiol groups is 1. The number of aromatic nitrogens is 4. The number of benzene rings is 1. The Bertz CT molecular complexity index is 1650. The number of carboxylic acids is 1. The number of rotatable bonds is 9. The highest BCUT2D eigenvalue weighted by atomic mass is 32.2. The number of alkyl halides is 2. The first-order valence-corrected chi connectivity index (χ1v) is 15.1. The molecule has 0 aliphatic carbocycles. The summed E-state index contributed by atoms with van der Waals surface area (Å²) in [6, 6.07) is 10.9. The van der Waals surface area contributed by atoms with E-state index in [4.69, 9.17) is 17.4 Å². The first-order valence-electron chi connectivity index (χ1n) is 13.5. The number of carbonyl (C=O) groups is 1. The molecule has 3 aromatic heterocycles. The number of ether oxygens (including phenoxy) is 1. The van der Waals surface area contributed by atoms with E-state index in [0.29, 0.717) is 41.4 Å². The fraction of sp³-hybridized carbons (Fsp3) is 0.379. The Kier molecular flexibility index (Phi) is 8.90. The minimum atomic E-state index is -2.79. The smallest absolute Gasteiger partial charge is 0.304 e. The van der Waals surface area contributed by atoms with Crippen LogP contribution in [0, 0.1) is 13.8 Å². The van der Waals surface area contributed by atoms with Crippen molar-refractivity contribution in [1.29, 1.82) is 0 Å². The van der Waals surface area contributed by atoms with Crippen molar-refractivity contribution in [2.24, 2.45) is 0 Å². The topological polar surface area (TPSA) is 110 Å². The lowest BCUT2D eigenvalue weighted by Crippen LogP contribution is -2.33. The molecule has 1 aliphatic rings. The maximum atomic E-state index is 13.6. The van der Waals surface area contributed by atoms with Crippen molar-refractivity contribution >= 4 is 35.2 Å². The summed E-state index contributed by atoms with van der Waals surface area (Å²) in [4.78, 5) is 16.8. The van der Waals surface area contributed by atoms with Crippen molar-refractivity contribution in [3.05, 3.63) is 82.4 Å². The van der Waals surface area contributed by atoms with Crippen LogP contribution in [0.3, 0.4) is 0 Å². The van der Waals surface area contributed by atoms with Gasteiger partial charge >= 0.3 is 5.97 Å². The van der Waals surface area contributed by atoms with Crippen LogP contribution < -0.4 is 4.74 Å². The Morgan fingerprint density at radius 3 is 2.74 bits per heavy atom. The predicted octanol–water partition coefficient (Wildman–Crippen LogP) is 5.60. The lowest BCUT2D eigenvalue weighted by atomic mass is 9.86. The number of carboxylic acid groups (broad SMARTS) is 1. The predicted molar refractivity (Wildman–Crippen MR) is 156 cm³/mol. The molecule has 4 aromatic rings. The van der Waals surface area contributed by atoms with Crippen molar-refractivity contribution in [2.75, 3.05) is 6.54 Å². The first-order chi connectivity index (χ1) is 20.1. The number of aryl methyl sites for hydroxylation is 2. The third-order valence-corrected chi connectivity index (χ3v) is 9.70. The summed E-state index contributed by atoms with van der Waals surface area (Å²) in [5.74, 6) is -1.64. The maximum Gasteiger partial charge on any atom is 0.304 e. The van der Waals surface area contributed by atoms with Crippen LogP contribution in [0.15, 0.2) is 53.7 Å². The Labute approximate surface area is 249 Å². The van der Waals surface area contributed by atoms with Crippen LogP contribution in [0.4, 0.5) is 8.78 Å². The van der Waals surface area contributed by atoms with Crippen molar-refractivity contribution in [3.8, 4) is 5.88 Å². The molecule has 4 atom stereocenters. The molecule has 3 unspecified atom stereocenters. The second-order valence-electron chi connectivity index (χ2n) is 10.3. The molecule has 0 spiro atoms. The molecule has 5 rings (SSSR count). The summed E-state index contributed by atoms with van der Waals surface area (Å²) in [6.45, 7) is 6.47. The molecule has 1 aliphatic heterocycles. The average Bonchev–Trinajstić information content (AvgIpc) is 3.36. The summed E-state index contributed by atoms with van der Waals surface area (Å²) in [5, 5.41) is 16.8. The van der Waals surface area contributed by atoms with E-state index in [1.54, 1.807) is 31.3 Å². The number of pyridine rings is 2. The van der Waals surface area contributed by atoms with Gasteiger partial charge in [0.1, 0.15) is 22.0 Å². The van der Waals surface area contributed by atoms with E-state index in [0.717, 1.165) is 16.7 Å². The Balaban J connectivity index is 1.49. The average molecular weight is 616 g/mol. The lowest BCUT2D eigenvalue weighted by Gasteiger charge is -2.26. The van der Waals surface area contributed by atoms with E-state index < -0.39 is 40.4 Å². The van der Waals surface area contributed by atoms with Gasteiger partial charge in [-0.15, -0.1) is 10.2 Å². The highest BCUT2D eigenvalue weighted by Crippen LogP contribution is 2.41.